The molecule has 10 heteroatoms. The highest BCUT2D eigenvalue weighted by Gasteiger charge is 2.29. The number of piperidine rings is 1. The molecule has 8 nitrogen and oxygen atoms in total. The standard InChI is InChI=1S/C24H22FN3O5S/c25-16-1-4-18(5-2-16)31-12-22-27-19(13-34-22)24(30)28-9-7-15(8-10-28)23(29)26-17-3-6-20-21(11-17)33-14-32-20/h1-6,11,13,15H,7-10,12,14H2,(H,26,29). The van der Waals surface area contributed by atoms with Crippen LogP contribution in [0.25, 0.3) is 0 Å². The van der Waals surface area contributed by atoms with Gasteiger partial charge in [0.05, 0.1) is 0 Å². The maximum Gasteiger partial charge on any atom is 0.273 e. The van der Waals surface area contributed by atoms with E-state index in [1.807, 2.05) is 0 Å². The summed E-state index contributed by atoms with van der Waals surface area (Å²) in [6, 6.07) is 11.0. The van der Waals surface area contributed by atoms with Crippen molar-refractivity contribution < 1.29 is 28.2 Å². The van der Waals surface area contributed by atoms with E-state index in [-0.39, 0.29) is 36.9 Å². The molecule has 34 heavy (non-hydrogen) atoms. The highest BCUT2D eigenvalue weighted by Crippen LogP contribution is 2.34. The van der Waals surface area contributed by atoms with Gasteiger partial charge in [0, 0.05) is 36.1 Å². The first-order chi connectivity index (χ1) is 16.5. The molecule has 176 valence electrons. The minimum atomic E-state index is -0.330. The molecule has 0 atom stereocenters. The largest absolute Gasteiger partial charge is 0.486 e. The minimum absolute atomic E-state index is 0.0696. The van der Waals surface area contributed by atoms with Gasteiger partial charge in [-0.2, -0.15) is 0 Å². The van der Waals surface area contributed by atoms with Crippen LogP contribution in [-0.4, -0.2) is 41.6 Å². The second-order valence-electron chi connectivity index (χ2n) is 7.99. The number of hydrogen-bond donors (Lipinski definition) is 1. The van der Waals surface area contributed by atoms with Gasteiger partial charge in [-0.15, -0.1) is 11.3 Å². The summed E-state index contributed by atoms with van der Waals surface area (Å²) < 4.78 is 29.2. The maximum atomic E-state index is 13.0. The molecule has 0 spiro atoms. The molecular formula is C24H22FN3O5S. The van der Waals surface area contributed by atoms with E-state index in [1.54, 1.807) is 40.6 Å². The van der Waals surface area contributed by atoms with Crippen LogP contribution >= 0.6 is 11.3 Å². The van der Waals surface area contributed by atoms with E-state index >= 15 is 0 Å². The highest BCUT2D eigenvalue weighted by atomic mass is 32.1. The van der Waals surface area contributed by atoms with Gasteiger partial charge in [-0.05, 0) is 49.2 Å². The summed E-state index contributed by atoms with van der Waals surface area (Å²) in [6.45, 7) is 1.35. The summed E-state index contributed by atoms with van der Waals surface area (Å²) in [7, 11) is 0. The lowest BCUT2D eigenvalue weighted by Gasteiger charge is -2.30. The van der Waals surface area contributed by atoms with Crippen molar-refractivity contribution in [3.05, 3.63) is 64.4 Å². The van der Waals surface area contributed by atoms with Crippen LogP contribution in [-0.2, 0) is 11.4 Å². The molecule has 2 aliphatic rings. The molecule has 1 saturated heterocycles. The van der Waals surface area contributed by atoms with Gasteiger partial charge in [0.1, 0.15) is 28.9 Å². The molecule has 3 heterocycles. The molecule has 2 aliphatic heterocycles. The van der Waals surface area contributed by atoms with Gasteiger partial charge < -0.3 is 24.4 Å². The Morgan fingerprint density at radius 2 is 1.88 bits per heavy atom. The Bertz CT molecular complexity index is 1190. The molecule has 1 fully saturated rings. The molecule has 3 aromatic rings. The first-order valence-corrected chi connectivity index (χ1v) is 11.8. The number of thiazole rings is 1. The van der Waals surface area contributed by atoms with Crippen molar-refractivity contribution in [1.29, 1.82) is 0 Å². The van der Waals surface area contributed by atoms with Gasteiger partial charge in [0.2, 0.25) is 12.7 Å². The quantitative estimate of drug-likeness (QED) is 0.568. The van der Waals surface area contributed by atoms with Crippen molar-refractivity contribution in [2.24, 2.45) is 5.92 Å². The van der Waals surface area contributed by atoms with Crippen LogP contribution in [0, 0.1) is 11.7 Å². The lowest BCUT2D eigenvalue weighted by Crippen LogP contribution is -2.41. The van der Waals surface area contributed by atoms with Crippen molar-refractivity contribution >= 4 is 28.8 Å². The van der Waals surface area contributed by atoms with Gasteiger partial charge in [-0.25, -0.2) is 9.37 Å². The molecule has 1 N–H and O–H groups in total. The Morgan fingerprint density at radius 3 is 2.68 bits per heavy atom. The fraction of sp³-hybridized carbons (Fsp3) is 0.292. The van der Waals surface area contributed by atoms with Gasteiger partial charge in [-0.3, -0.25) is 9.59 Å². The van der Waals surface area contributed by atoms with Crippen LogP contribution in [0.1, 0.15) is 28.3 Å². The Morgan fingerprint density at radius 1 is 1.12 bits per heavy atom. The van der Waals surface area contributed by atoms with Crippen molar-refractivity contribution in [2.45, 2.75) is 19.4 Å². The third kappa shape index (κ3) is 4.96. The lowest BCUT2D eigenvalue weighted by atomic mass is 9.95. The van der Waals surface area contributed by atoms with E-state index in [9.17, 15) is 14.0 Å². The van der Waals surface area contributed by atoms with E-state index < -0.39 is 0 Å². The van der Waals surface area contributed by atoms with E-state index in [4.69, 9.17) is 14.2 Å². The fourth-order valence-electron chi connectivity index (χ4n) is 3.88. The Balaban J connectivity index is 1.11. The topological polar surface area (TPSA) is 90.0 Å². The Kier molecular flexibility index (Phi) is 6.31. The lowest BCUT2D eigenvalue weighted by molar-refractivity contribution is -0.121. The number of rotatable bonds is 6. The van der Waals surface area contributed by atoms with Crippen molar-refractivity contribution in [1.82, 2.24) is 9.88 Å². The molecular weight excluding hydrogens is 461 g/mol. The molecule has 2 aromatic carbocycles. The molecule has 0 radical (unpaired) electrons. The number of halogens is 1. The monoisotopic (exact) mass is 483 g/mol. The minimum Gasteiger partial charge on any atom is -0.486 e. The number of anilines is 1. The zero-order valence-electron chi connectivity index (χ0n) is 18.2. The number of nitrogens with one attached hydrogen (secondary N) is 1. The molecule has 0 unspecified atom stereocenters. The molecule has 2 amide bonds. The number of ether oxygens (including phenoxy) is 3. The van der Waals surface area contributed by atoms with E-state index in [2.05, 4.69) is 10.3 Å². The van der Waals surface area contributed by atoms with Gasteiger partial charge in [-0.1, -0.05) is 0 Å². The van der Waals surface area contributed by atoms with Gasteiger partial charge >= 0.3 is 0 Å². The fourth-order valence-corrected chi connectivity index (χ4v) is 4.56. The SMILES string of the molecule is O=C(Nc1ccc2c(c1)OCO2)C1CCN(C(=O)c2csc(COc3ccc(F)cc3)n2)CC1. The molecule has 0 aliphatic carbocycles. The average molecular weight is 484 g/mol. The number of nitrogens with zero attached hydrogens (tertiary/aromatic N) is 2. The van der Waals surface area contributed by atoms with E-state index in [0.717, 1.165) is 0 Å². The number of likely N-dealkylation sites (tertiary alicyclic amines) is 1. The molecule has 5 rings (SSSR count). The number of amides is 2. The summed E-state index contributed by atoms with van der Waals surface area (Å²) in [5.74, 6) is 1.08. The van der Waals surface area contributed by atoms with Crippen LogP contribution in [0.4, 0.5) is 10.1 Å². The summed E-state index contributed by atoms with van der Waals surface area (Å²) in [4.78, 5) is 31.7. The van der Waals surface area contributed by atoms with Gasteiger partial charge in [0.15, 0.2) is 11.5 Å². The number of carbonyl (C=O) groups is 2. The highest BCUT2D eigenvalue weighted by molar-refractivity contribution is 7.09. The van der Waals surface area contributed by atoms with Crippen LogP contribution < -0.4 is 19.5 Å². The first-order valence-electron chi connectivity index (χ1n) is 10.9. The Hall–Kier alpha value is -3.66. The number of benzene rings is 2. The third-order valence-corrected chi connectivity index (χ3v) is 6.56. The van der Waals surface area contributed by atoms with Crippen LogP contribution in [0.2, 0.25) is 0 Å². The summed E-state index contributed by atoms with van der Waals surface area (Å²) in [5, 5.41) is 5.30. The number of fused-ring (bicyclic) bond motifs is 1. The van der Waals surface area contributed by atoms with Crippen molar-refractivity contribution in [3.63, 3.8) is 0 Å². The second kappa shape index (κ2) is 9.68. The zero-order chi connectivity index (χ0) is 23.5. The summed E-state index contributed by atoms with van der Waals surface area (Å²) in [6.07, 6.45) is 1.15. The maximum absolute atomic E-state index is 13.0. The predicted octanol–water partition coefficient (Wildman–Crippen LogP) is 4.08. The van der Waals surface area contributed by atoms with Crippen LogP contribution in [0.15, 0.2) is 47.8 Å². The molecule has 0 bridgehead atoms. The van der Waals surface area contributed by atoms with Gasteiger partial charge in [0.25, 0.3) is 5.91 Å². The van der Waals surface area contributed by atoms with Crippen LogP contribution in [0.3, 0.4) is 0 Å². The van der Waals surface area contributed by atoms with Crippen molar-refractivity contribution in [3.8, 4) is 17.2 Å². The van der Waals surface area contributed by atoms with E-state index in [1.165, 1.54) is 23.5 Å². The number of carbonyl (C=O) groups excluding carboxylic acids is 2. The predicted molar refractivity (Wildman–Crippen MR) is 123 cm³/mol. The number of aromatic nitrogens is 1. The molecule has 1 aromatic heterocycles. The third-order valence-electron chi connectivity index (χ3n) is 5.74. The summed E-state index contributed by atoms with van der Waals surface area (Å²) in [5.41, 5.74) is 1.02. The molecule has 0 saturated carbocycles. The second-order valence-corrected chi connectivity index (χ2v) is 8.94. The first kappa shape index (κ1) is 22.1. The summed E-state index contributed by atoms with van der Waals surface area (Å²) >= 11 is 1.34. The smallest absolute Gasteiger partial charge is 0.273 e. The normalized spacial score (nSPS) is 15.3. The Labute approximate surface area is 199 Å². The van der Waals surface area contributed by atoms with Crippen LogP contribution in [0.5, 0.6) is 17.2 Å². The average Bonchev–Trinajstić information content (AvgIpc) is 3.53. The van der Waals surface area contributed by atoms with E-state index in [0.29, 0.717) is 59.6 Å². The zero-order valence-corrected chi connectivity index (χ0v) is 19.0. The van der Waals surface area contributed by atoms with Crippen molar-refractivity contribution in [2.75, 3.05) is 25.2 Å². The number of hydrogen-bond acceptors (Lipinski definition) is 7.